The van der Waals surface area contributed by atoms with Crippen molar-refractivity contribution in [2.75, 3.05) is 5.73 Å². The van der Waals surface area contributed by atoms with Gasteiger partial charge in [0, 0.05) is 24.0 Å². The average molecular weight is 555 g/mol. The normalized spacial score (nSPS) is 12.3. The molecule has 0 bridgehead atoms. The second-order valence-corrected chi connectivity index (χ2v) is 9.74. The van der Waals surface area contributed by atoms with Crippen molar-refractivity contribution in [3.05, 3.63) is 94.9 Å². The van der Waals surface area contributed by atoms with E-state index < -0.39 is 23.2 Å². The number of aromatic nitrogens is 7. The van der Waals surface area contributed by atoms with E-state index in [4.69, 9.17) is 20.6 Å². The van der Waals surface area contributed by atoms with Crippen LogP contribution < -0.4 is 16.0 Å². The summed E-state index contributed by atoms with van der Waals surface area (Å²) in [5.74, 6) is -0.476. The van der Waals surface area contributed by atoms with E-state index in [-0.39, 0.29) is 23.1 Å². The van der Waals surface area contributed by atoms with Crippen LogP contribution in [0.2, 0.25) is 0 Å². The molecule has 5 heterocycles. The Morgan fingerprint density at radius 3 is 2.51 bits per heavy atom. The third kappa shape index (κ3) is 4.62. The van der Waals surface area contributed by atoms with E-state index >= 15 is 0 Å². The van der Waals surface area contributed by atoms with Gasteiger partial charge in [-0.2, -0.15) is 5.10 Å². The van der Waals surface area contributed by atoms with E-state index in [1.807, 2.05) is 13.8 Å². The molecule has 10 nitrogen and oxygen atoms in total. The predicted octanol–water partition coefficient (Wildman–Crippen LogP) is 4.82. The summed E-state index contributed by atoms with van der Waals surface area (Å²) in [4.78, 5) is 31.4. The summed E-state index contributed by atoms with van der Waals surface area (Å²) in [6.45, 7) is 5.60. The number of nitrogens with two attached hydrogens (primary N) is 1. The number of nitrogens with zero attached hydrogens (tertiary/aromatic N) is 7. The summed E-state index contributed by atoms with van der Waals surface area (Å²) in [6, 6.07) is 11.1. The molecule has 0 aliphatic heterocycles. The Kier molecular flexibility index (Phi) is 6.37. The van der Waals surface area contributed by atoms with Crippen LogP contribution in [0.25, 0.3) is 39.1 Å². The molecule has 5 aromatic heterocycles. The van der Waals surface area contributed by atoms with E-state index in [1.54, 1.807) is 36.0 Å². The summed E-state index contributed by atoms with van der Waals surface area (Å²) in [5, 5.41) is 5.33. The Hall–Kier alpha value is -5.26. The zero-order chi connectivity index (χ0) is 28.8. The molecule has 0 saturated heterocycles. The van der Waals surface area contributed by atoms with Gasteiger partial charge >= 0.3 is 0 Å². The third-order valence-corrected chi connectivity index (χ3v) is 6.57. The Morgan fingerprint density at radius 2 is 1.78 bits per heavy atom. The van der Waals surface area contributed by atoms with Crippen LogP contribution in [-0.4, -0.2) is 40.2 Å². The van der Waals surface area contributed by atoms with Gasteiger partial charge in [0.1, 0.15) is 35.1 Å². The standard InChI is InChI=1S/C29H24F2N8O2/c1-15(2)41-22-10-7-18(12-33-22)26-24-27(32)34-14-35-28(24)39(37-26)16(3)25-23(17-5-4-6-19(30)11-17)29(40)38-13-20(31)8-9-21(38)36-25/h4-16H,1-3H3,(H2,32,34,35)/t16-/m1/s1. The van der Waals surface area contributed by atoms with Crippen molar-refractivity contribution >= 4 is 22.5 Å². The first-order chi connectivity index (χ1) is 19.7. The maximum Gasteiger partial charge on any atom is 0.266 e. The Morgan fingerprint density at radius 1 is 0.951 bits per heavy atom. The van der Waals surface area contributed by atoms with E-state index in [1.165, 1.54) is 36.7 Å². The molecule has 0 saturated carbocycles. The van der Waals surface area contributed by atoms with Gasteiger partial charge in [-0.15, -0.1) is 0 Å². The topological polar surface area (TPSA) is 126 Å². The Labute approximate surface area is 232 Å². The van der Waals surface area contributed by atoms with Crippen LogP contribution >= 0.6 is 0 Å². The molecule has 1 aromatic carbocycles. The van der Waals surface area contributed by atoms with Crippen LogP contribution in [-0.2, 0) is 0 Å². The van der Waals surface area contributed by atoms with Crippen LogP contribution in [0.3, 0.4) is 0 Å². The maximum atomic E-state index is 14.3. The van der Waals surface area contributed by atoms with Crippen molar-refractivity contribution < 1.29 is 13.5 Å². The quantitative estimate of drug-likeness (QED) is 0.311. The molecule has 2 N–H and O–H groups in total. The van der Waals surface area contributed by atoms with Crippen molar-refractivity contribution in [1.29, 1.82) is 0 Å². The zero-order valence-electron chi connectivity index (χ0n) is 22.3. The molecule has 0 radical (unpaired) electrons. The molecule has 6 aromatic rings. The summed E-state index contributed by atoms with van der Waals surface area (Å²) in [5.41, 5.74) is 8.15. The maximum absolute atomic E-state index is 14.3. The van der Waals surface area contributed by atoms with Gasteiger partial charge < -0.3 is 10.5 Å². The second kappa shape index (κ2) is 10.0. The third-order valence-electron chi connectivity index (χ3n) is 6.57. The van der Waals surface area contributed by atoms with Gasteiger partial charge in [-0.1, -0.05) is 12.1 Å². The van der Waals surface area contributed by atoms with Crippen molar-refractivity contribution in [3.8, 4) is 28.3 Å². The number of fused-ring (bicyclic) bond motifs is 2. The highest BCUT2D eigenvalue weighted by Gasteiger charge is 2.26. The number of hydrogen-bond donors (Lipinski definition) is 1. The van der Waals surface area contributed by atoms with Crippen molar-refractivity contribution in [3.63, 3.8) is 0 Å². The smallest absolute Gasteiger partial charge is 0.266 e. The van der Waals surface area contributed by atoms with Crippen LogP contribution in [0.15, 0.2) is 72.0 Å². The first-order valence-electron chi connectivity index (χ1n) is 12.8. The molecule has 0 aliphatic carbocycles. The molecule has 12 heteroatoms. The molecule has 206 valence electrons. The fraction of sp³-hybridized carbons (Fsp3) is 0.172. The molecule has 41 heavy (non-hydrogen) atoms. The largest absolute Gasteiger partial charge is 0.475 e. The number of hydrogen-bond acceptors (Lipinski definition) is 8. The van der Waals surface area contributed by atoms with Crippen LogP contribution in [0.1, 0.15) is 32.5 Å². The molecular weight excluding hydrogens is 530 g/mol. The molecule has 6 rings (SSSR count). The van der Waals surface area contributed by atoms with Gasteiger partial charge in [-0.25, -0.2) is 33.4 Å². The van der Waals surface area contributed by atoms with Gasteiger partial charge in [0.15, 0.2) is 5.65 Å². The van der Waals surface area contributed by atoms with Gasteiger partial charge in [0.05, 0.1) is 28.8 Å². The highest BCUT2D eigenvalue weighted by molar-refractivity contribution is 5.98. The molecule has 0 amide bonds. The molecule has 0 unspecified atom stereocenters. The van der Waals surface area contributed by atoms with Gasteiger partial charge in [-0.3, -0.25) is 9.20 Å². The lowest BCUT2D eigenvalue weighted by Gasteiger charge is -2.18. The lowest BCUT2D eigenvalue weighted by atomic mass is 10.0. The minimum Gasteiger partial charge on any atom is -0.475 e. The fourth-order valence-corrected chi connectivity index (χ4v) is 4.76. The van der Waals surface area contributed by atoms with E-state index in [0.29, 0.717) is 39.4 Å². The SMILES string of the molecule is CC(C)Oc1ccc(-c2nn([C@H](C)c3nc4ccc(F)cn4c(=O)c3-c3cccc(F)c3)c3ncnc(N)c23)cn1. The van der Waals surface area contributed by atoms with E-state index in [0.717, 1.165) is 10.6 Å². The number of benzene rings is 1. The number of ether oxygens (including phenoxy) is 1. The van der Waals surface area contributed by atoms with E-state index in [9.17, 15) is 13.6 Å². The summed E-state index contributed by atoms with van der Waals surface area (Å²) in [6.07, 6.45) is 3.95. The lowest BCUT2D eigenvalue weighted by molar-refractivity contribution is 0.232. The number of rotatable bonds is 6. The highest BCUT2D eigenvalue weighted by Crippen LogP contribution is 2.35. The number of nitrogen functional groups attached to an aromatic ring is 1. The first kappa shape index (κ1) is 26.0. The van der Waals surface area contributed by atoms with Gasteiger partial charge in [0.2, 0.25) is 5.88 Å². The first-order valence-corrected chi connectivity index (χ1v) is 12.8. The minimum atomic E-state index is -0.696. The van der Waals surface area contributed by atoms with Crippen molar-refractivity contribution in [1.82, 2.24) is 34.1 Å². The predicted molar refractivity (Wildman–Crippen MR) is 149 cm³/mol. The van der Waals surface area contributed by atoms with Crippen LogP contribution in [0, 0.1) is 11.6 Å². The van der Waals surface area contributed by atoms with Crippen LogP contribution in [0.4, 0.5) is 14.6 Å². The van der Waals surface area contributed by atoms with Crippen molar-refractivity contribution in [2.24, 2.45) is 0 Å². The summed E-state index contributed by atoms with van der Waals surface area (Å²) in [7, 11) is 0. The van der Waals surface area contributed by atoms with Crippen LogP contribution in [0.5, 0.6) is 5.88 Å². The zero-order valence-corrected chi connectivity index (χ0v) is 22.3. The van der Waals surface area contributed by atoms with E-state index in [2.05, 4.69) is 15.0 Å². The van der Waals surface area contributed by atoms with Gasteiger partial charge in [0.25, 0.3) is 5.56 Å². The molecular formula is C29H24F2N8O2. The molecule has 0 aliphatic rings. The van der Waals surface area contributed by atoms with Gasteiger partial charge in [-0.05, 0) is 56.7 Å². The molecule has 1 atom stereocenters. The number of halogens is 2. The van der Waals surface area contributed by atoms with Crippen molar-refractivity contribution in [2.45, 2.75) is 32.9 Å². The minimum absolute atomic E-state index is 0.0411. The second-order valence-electron chi connectivity index (χ2n) is 9.74. The summed E-state index contributed by atoms with van der Waals surface area (Å²) < 4.78 is 36.8. The lowest BCUT2D eigenvalue weighted by Crippen LogP contribution is -2.23. The number of anilines is 1. The monoisotopic (exact) mass is 554 g/mol. The number of pyridine rings is 2. The molecule has 0 fully saturated rings. The average Bonchev–Trinajstić information content (AvgIpc) is 3.34. The molecule has 0 spiro atoms. The summed E-state index contributed by atoms with van der Waals surface area (Å²) >= 11 is 0. The highest BCUT2D eigenvalue weighted by atomic mass is 19.1. The Balaban J connectivity index is 1.58. The Bertz CT molecular complexity index is 1990. The fourth-order valence-electron chi connectivity index (χ4n) is 4.76.